The van der Waals surface area contributed by atoms with Gasteiger partial charge in [-0.15, -0.1) is 0 Å². The summed E-state index contributed by atoms with van der Waals surface area (Å²) in [5.41, 5.74) is 0. The molecule has 0 radical (unpaired) electrons. The van der Waals surface area contributed by atoms with E-state index in [4.69, 9.17) is 27.8 Å². The van der Waals surface area contributed by atoms with Gasteiger partial charge in [-0.2, -0.15) is 25.3 Å². The van der Waals surface area contributed by atoms with E-state index in [-0.39, 0.29) is 0 Å². The third-order valence-electron chi connectivity index (χ3n) is 2.91. The van der Waals surface area contributed by atoms with Crippen molar-refractivity contribution in [2.45, 2.75) is 39.6 Å². The van der Waals surface area contributed by atoms with Crippen molar-refractivity contribution in [3.05, 3.63) is 0 Å². The summed E-state index contributed by atoms with van der Waals surface area (Å²) in [5, 5.41) is 0. The predicted molar refractivity (Wildman–Crippen MR) is 108 cm³/mol. The van der Waals surface area contributed by atoms with Gasteiger partial charge in [0.05, 0.1) is 21.3 Å². The van der Waals surface area contributed by atoms with Crippen LogP contribution in [0.3, 0.4) is 0 Å². The van der Waals surface area contributed by atoms with Gasteiger partial charge in [-0.05, 0) is 20.8 Å². The minimum absolute atomic E-state index is 0.833. The third kappa shape index (κ3) is 16.9. The van der Waals surface area contributed by atoms with Crippen molar-refractivity contribution in [3.63, 3.8) is 0 Å². The first kappa shape index (κ1) is 34.6. The van der Waals surface area contributed by atoms with Crippen LogP contribution in [0.5, 0.6) is 0 Å². The van der Waals surface area contributed by atoms with Crippen molar-refractivity contribution >= 4 is 39.0 Å². The fourth-order valence-electron chi connectivity index (χ4n) is 1.38. The highest BCUT2D eigenvalue weighted by Crippen LogP contribution is 2.49. The second-order valence-corrected chi connectivity index (χ2v) is 11.1. The van der Waals surface area contributed by atoms with Crippen LogP contribution in [-0.4, -0.2) is 85.8 Å². The summed E-state index contributed by atoms with van der Waals surface area (Å²) in [5.74, 6) is 0. The van der Waals surface area contributed by atoms with Gasteiger partial charge < -0.3 is 14.2 Å². The van der Waals surface area contributed by atoms with Gasteiger partial charge in [0.25, 0.3) is 0 Å². The third-order valence-corrected chi connectivity index (χ3v) is 6.92. The average molecular weight is 603 g/mol. The lowest BCUT2D eigenvalue weighted by Crippen LogP contribution is -2.22. The van der Waals surface area contributed by atoms with Gasteiger partial charge in [0.2, 0.25) is 0 Å². The lowest BCUT2D eigenvalue weighted by molar-refractivity contribution is -0.158. The molecule has 0 N–H and O–H groups in total. The molecule has 19 nitrogen and oxygen atoms in total. The minimum atomic E-state index is -4.65. The first-order valence-corrected chi connectivity index (χ1v) is 14.3. The highest BCUT2D eigenvalue weighted by Gasteiger charge is 2.30. The van der Waals surface area contributed by atoms with Gasteiger partial charge in [0.1, 0.15) is 0 Å². The molecule has 0 heterocycles. The van der Waals surface area contributed by atoms with Gasteiger partial charge in [0, 0.05) is 0 Å². The topological polar surface area (TPSA) is 230 Å². The fraction of sp³-hybridized carbons (Fsp3) is 1.00. The van der Waals surface area contributed by atoms with Crippen molar-refractivity contribution in [2.75, 3.05) is 41.7 Å². The average Bonchev–Trinajstić information content (AvgIpc) is 2.72. The fourth-order valence-corrected chi connectivity index (χ4v) is 3.57. The molecule has 0 spiro atoms. The highest BCUT2D eigenvalue weighted by molar-refractivity contribution is 7.82. The largest absolute Gasteiger partial charge is 0.481 e. The highest BCUT2D eigenvalue weighted by atomic mass is 32.3. The van der Waals surface area contributed by atoms with Crippen LogP contribution in [0.1, 0.15) is 20.8 Å². The maximum atomic E-state index is 12.7. The number of ether oxygens (including phenoxy) is 3. The molecule has 212 valence electrons. The van der Waals surface area contributed by atoms with E-state index < -0.39 is 78.3 Å². The maximum absolute atomic E-state index is 12.7. The molecule has 0 aliphatic heterocycles. The molecular weight excluding hydrogens is 575 g/mol. The van der Waals surface area contributed by atoms with Crippen LogP contribution in [-0.2, 0) is 88.6 Å². The molecule has 23 heteroatoms. The molecule has 0 aromatic rings. The number of phosphoric ester groups is 1. The molecule has 0 rings (SSSR count). The van der Waals surface area contributed by atoms with Gasteiger partial charge in [-0.3, -0.25) is 26.1 Å². The standard InChI is InChI=1S/C12H27O19PS3/c1-10(29-33(14,15)20-4)23-7-26-32(13,27-8-24-11(2)30-34(16,17)21-5)28-9-25-12(3)31-35(18,19)22-6/h10-12H,7-9H2,1-6H3. The summed E-state index contributed by atoms with van der Waals surface area (Å²) in [6.07, 6.45) is -4.41. The smallest absolute Gasteiger partial charge is 0.325 e. The Hall–Kier alpha value is -0.400. The second kappa shape index (κ2) is 15.8. The van der Waals surface area contributed by atoms with Gasteiger partial charge in [0.15, 0.2) is 39.2 Å². The molecule has 0 aromatic heterocycles. The molecule has 0 aromatic carbocycles. The Kier molecular flexibility index (Phi) is 15.6. The first-order valence-electron chi connectivity index (χ1n) is 8.83. The second-order valence-electron chi connectivity index (χ2n) is 5.40. The molecule has 0 amide bonds. The molecule has 3 unspecified atom stereocenters. The van der Waals surface area contributed by atoms with E-state index in [9.17, 15) is 29.8 Å². The van der Waals surface area contributed by atoms with Crippen LogP contribution in [0.15, 0.2) is 0 Å². The minimum Gasteiger partial charge on any atom is -0.325 e. The Bertz CT molecular complexity index is 839. The van der Waals surface area contributed by atoms with Crippen molar-refractivity contribution in [1.29, 1.82) is 0 Å². The van der Waals surface area contributed by atoms with Crippen LogP contribution in [0.2, 0.25) is 0 Å². The van der Waals surface area contributed by atoms with E-state index in [1.807, 2.05) is 0 Å². The Morgan fingerprint density at radius 1 is 0.543 bits per heavy atom. The number of rotatable bonds is 21. The van der Waals surface area contributed by atoms with Crippen LogP contribution >= 0.6 is 7.82 Å². The van der Waals surface area contributed by atoms with E-state index in [0.29, 0.717) is 0 Å². The predicted octanol–water partition coefficient (Wildman–Crippen LogP) is -0.172. The van der Waals surface area contributed by atoms with Crippen molar-refractivity contribution in [2.24, 2.45) is 0 Å². The SMILES string of the molecule is COS(=O)(=O)OC(C)OCOP(=O)(OCOC(C)OS(=O)(=O)OC)OCOC(C)OS(=O)(=O)OC. The number of hydrogen-bond donors (Lipinski definition) is 0. The quantitative estimate of drug-likeness (QED) is 0.122. The number of hydrogen-bond acceptors (Lipinski definition) is 19. The molecule has 0 bridgehead atoms. The van der Waals surface area contributed by atoms with Crippen molar-refractivity contribution < 1.29 is 82.7 Å². The molecule has 3 atom stereocenters. The molecule has 35 heavy (non-hydrogen) atoms. The summed E-state index contributed by atoms with van der Waals surface area (Å²) >= 11 is 0. The maximum Gasteiger partial charge on any atom is 0.481 e. The zero-order valence-electron chi connectivity index (χ0n) is 19.3. The lowest BCUT2D eigenvalue weighted by Gasteiger charge is -2.21. The zero-order valence-corrected chi connectivity index (χ0v) is 22.6. The summed E-state index contributed by atoms with van der Waals surface area (Å²) in [6, 6.07) is 0. The summed E-state index contributed by atoms with van der Waals surface area (Å²) in [4.78, 5) is 0. The monoisotopic (exact) mass is 602 g/mol. The Morgan fingerprint density at radius 2 is 0.771 bits per heavy atom. The molecule has 0 saturated heterocycles. The van der Waals surface area contributed by atoms with Crippen LogP contribution < -0.4 is 0 Å². The molecule has 0 saturated carbocycles. The lowest BCUT2D eigenvalue weighted by atomic mass is 10.8. The van der Waals surface area contributed by atoms with E-state index in [1.54, 1.807) is 0 Å². The van der Waals surface area contributed by atoms with Crippen molar-refractivity contribution in [3.8, 4) is 0 Å². The Balaban J connectivity index is 4.98. The van der Waals surface area contributed by atoms with Gasteiger partial charge >= 0.3 is 39.0 Å². The molecule has 0 aliphatic rings. The summed E-state index contributed by atoms with van der Waals surface area (Å²) in [6.45, 7) is 0.569. The normalized spacial score (nSPS) is 17.5. The van der Waals surface area contributed by atoms with Crippen LogP contribution in [0.4, 0.5) is 0 Å². The first-order chi connectivity index (χ1) is 16.0. The van der Waals surface area contributed by atoms with Gasteiger partial charge in [-0.25, -0.2) is 17.1 Å². The zero-order chi connectivity index (χ0) is 27.3. The molecule has 0 aliphatic carbocycles. The summed E-state index contributed by atoms with van der Waals surface area (Å²) < 4.78 is 134. The van der Waals surface area contributed by atoms with E-state index in [1.165, 1.54) is 0 Å². The summed E-state index contributed by atoms with van der Waals surface area (Å²) in [7, 11) is -15.2. The van der Waals surface area contributed by atoms with Crippen LogP contribution in [0, 0.1) is 0 Å². The van der Waals surface area contributed by atoms with E-state index >= 15 is 0 Å². The van der Waals surface area contributed by atoms with E-state index in [2.05, 4.69) is 25.1 Å². The van der Waals surface area contributed by atoms with E-state index in [0.717, 1.165) is 42.1 Å². The Morgan fingerprint density at radius 3 is 0.971 bits per heavy atom. The van der Waals surface area contributed by atoms with Gasteiger partial charge in [-0.1, -0.05) is 0 Å². The molecular formula is C12H27O19PS3. The van der Waals surface area contributed by atoms with Crippen molar-refractivity contribution in [1.82, 2.24) is 0 Å². The molecule has 0 fully saturated rings. The van der Waals surface area contributed by atoms with Crippen LogP contribution in [0.25, 0.3) is 0 Å². The number of phosphoric acid groups is 1. The Labute approximate surface area is 203 Å².